The van der Waals surface area contributed by atoms with Crippen LogP contribution in [0.1, 0.15) is 25.8 Å². The zero-order valence-corrected chi connectivity index (χ0v) is 22.3. The van der Waals surface area contributed by atoms with Crippen molar-refractivity contribution >= 4 is 33.2 Å². The summed E-state index contributed by atoms with van der Waals surface area (Å²) in [4.78, 5) is 38.2. The van der Waals surface area contributed by atoms with Crippen LogP contribution in [0.4, 0.5) is 15.8 Å². The van der Waals surface area contributed by atoms with Gasteiger partial charge in [0.1, 0.15) is 18.4 Å². The Bertz CT molecular complexity index is 1400. The quantitative estimate of drug-likeness (QED) is 0.266. The van der Waals surface area contributed by atoms with E-state index in [2.05, 4.69) is 5.32 Å². The molecule has 12 heteroatoms. The molecule has 1 N–H and O–H groups in total. The highest BCUT2D eigenvalue weighted by Crippen LogP contribution is 2.26. The fraction of sp³-hybridized carbons (Fsp3) is 0.259. The number of nitrogens with one attached hydrogen (secondary N) is 1. The van der Waals surface area contributed by atoms with Crippen molar-refractivity contribution in [3.05, 3.63) is 100 Å². The Kier molecular flexibility index (Phi) is 9.72. The molecule has 0 aliphatic heterocycles. The highest BCUT2D eigenvalue weighted by Gasteiger charge is 2.32. The molecular formula is C27H29FN4O6S. The van der Waals surface area contributed by atoms with Crippen LogP contribution in [0.2, 0.25) is 0 Å². The molecule has 39 heavy (non-hydrogen) atoms. The first-order valence-electron chi connectivity index (χ1n) is 12.2. The molecule has 0 unspecified atom stereocenters. The Hall–Kier alpha value is -4.32. The molecule has 3 aromatic carbocycles. The van der Waals surface area contributed by atoms with Gasteiger partial charge in [-0.3, -0.25) is 24.0 Å². The van der Waals surface area contributed by atoms with Gasteiger partial charge in [0.2, 0.25) is 11.8 Å². The van der Waals surface area contributed by atoms with E-state index >= 15 is 0 Å². The lowest BCUT2D eigenvalue weighted by molar-refractivity contribution is -0.384. The minimum atomic E-state index is -4.29. The predicted octanol–water partition coefficient (Wildman–Crippen LogP) is 3.87. The number of carbonyl (C=O) groups is 2. The maximum Gasteiger partial charge on any atom is 0.269 e. The maximum absolute atomic E-state index is 13.7. The minimum absolute atomic E-state index is 0.0302. The highest BCUT2D eigenvalue weighted by atomic mass is 32.2. The van der Waals surface area contributed by atoms with E-state index in [1.807, 2.05) is 6.92 Å². The molecule has 0 saturated carbocycles. The number of nitro groups is 1. The number of amides is 2. The summed E-state index contributed by atoms with van der Waals surface area (Å²) in [5, 5.41) is 13.9. The second-order valence-corrected chi connectivity index (χ2v) is 10.6. The predicted molar refractivity (Wildman–Crippen MR) is 144 cm³/mol. The van der Waals surface area contributed by atoms with Crippen molar-refractivity contribution in [3.8, 4) is 0 Å². The zero-order valence-electron chi connectivity index (χ0n) is 21.5. The Morgan fingerprint density at radius 1 is 1.00 bits per heavy atom. The lowest BCUT2D eigenvalue weighted by Crippen LogP contribution is -2.51. The maximum atomic E-state index is 13.7. The van der Waals surface area contributed by atoms with E-state index in [0.29, 0.717) is 18.5 Å². The van der Waals surface area contributed by atoms with Gasteiger partial charge in [-0.2, -0.15) is 0 Å². The van der Waals surface area contributed by atoms with Gasteiger partial charge in [0.25, 0.3) is 15.7 Å². The summed E-state index contributed by atoms with van der Waals surface area (Å²) >= 11 is 0. The van der Waals surface area contributed by atoms with Crippen molar-refractivity contribution in [2.45, 2.75) is 37.8 Å². The van der Waals surface area contributed by atoms with Gasteiger partial charge in [-0.1, -0.05) is 37.3 Å². The molecule has 3 aromatic rings. The van der Waals surface area contributed by atoms with Crippen LogP contribution >= 0.6 is 0 Å². The summed E-state index contributed by atoms with van der Waals surface area (Å²) in [6, 6.07) is 16.6. The van der Waals surface area contributed by atoms with Gasteiger partial charge in [-0.05, 0) is 55.3 Å². The SMILES string of the molecule is CCCNC(=O)[C@H](C)N(Cc1ccc(F)cc1)C(=O)CN(c1ccc([N+](=O)[O-])cc1)S(=O)(=O)c1ccccc1. The third kappa shape index (κ3) is 7.38. The summed E-state index contributed by atoms with van der Waals surface area (Å²) in [6.07, 6.45) is 0.674. The number of hydrogen-bond donors (Lipinski definition) is 1. The number of benzene rings is 3. The first-order chi connectivity index (χ1) is 18.5. The Morgan fingerprint density at radius 2 is 1.62 bits per heavy atom. The van der Waals surface area contributed by atoms with Crippen molar-refractivity contribution < 1.29 is 27.3 Å². The lowest BCUT2D eigenvalue weighted by Gasteiger charge is -2.32. The molecule has 0 radical (unpaired) electrons. The molecule has 3 rings (SSSR count). The van der Waals surface area contributed by atoms with Crippen LogP contribution in [0.25, 0.3) is 0 Å². The summed E-state index contributed by atoms with van der Waals surface area (Å²) in [5.41, 5.74) is 0.316. The first kappa shape index (κ1) is 29.2. The molecule has 206 valence electrons. The normalized spacial score (nSPS) is 11.9. The van der Waals surface area contributed by atoms with E-state index in [-0.39, 0.29) is 22.8 Å². The average Bonchev–Trinajstić information content (AvgIpc) is 2.94. The van der Waals surface area contributed by atoms with E-state index in [9.17, 15) is 32.5 Å². The van der Waals surface area contributed by atoms with E-state index in [1.165, 1.54) is 72.5 Å². The molecule has 0 fully saturated rings. The van der Waals surface area contributed by atoms with Crippen LogP contribution < -0.4 is 9.62 Å². The number of sulfonamides is 1. The molecule has 0 saturated heterocycles. The average molecular weight is 557 g/mol. The van der Waals surface area contributed by atoms with E-state index in [0.717, 1.165) is 16.4 Å². The van der Waals surface area contributed by atoms with Crippen molar-refractivity contribution in [2.75, 3.05) is 17.4 Å². The molecule has 0 bridgehead atoms. The van der Waals surface area contributed by atoms with Crippen molar-refractivity contribution in [2.24, 2.45) is 0 Å². The molecular weight excluding hydrogens is 527 g/mol. The van der Waals surface area contributed by atoms with Gasteiger partial charge >= 0.3 is 0 Å². The molecule has 0 aliphatic rings. The number of nitrogens with zero attached hydrogens (tertiary/aromatic N) is 3. The Labute approximate surface area is 226 Å². The lowest BCUT2D eigenvalue weighted by atomic mass is 10.1. The number of non-ortho nitro benzene ring substituents is 1. The van der Waals surface area contributed by atoms with Gasteiger partial charge in [0.05, 0.1) is 15.5 Å². The fourth-order valence-corrected chi connectivity index (χ4v) is 5.19. The van der Waals surface area contributed by atoms with Crippen LogP contribution in [0.15, 0.2) is 83.8 Å². The van der Waals surface area contributed by atoms with Gasteiger partial charge in [0.15, 0.2) is 0 Å². The third-order valence-electron chi connectivity index (χ3n) is 5.94. The second-order valence-electron chi connectivity index (χ2n) is 8.71. The summed E-state index contributed by atoms with van der Waals surface area (Å²) in [7, 11) is -4.29. The second kappa shape index (κ2) is 13.0. The monoisotopic (exact) mass is 556 g/mol. The number of hydrogen-bond acceptors (Lipinski definition) is 6. The van der Waals surface area contributed by atoms with Crippen molar-refractivity contribution in [1.82, 2.24) is 10.2 Å². The molecule has 2 amide bonds. The summed E-state index contributed by atoms with van der Waals surface area (Å²) in [5.74, 6) is -1.60. The number of rotatable bonds is 12. The van der Waals surface area contributed by atoms with Crippen LogP contribution in [0.5, 0.6) is 0 Å². The highest BCUT2D eigenvalue weighted by molar-refractivity contribution is 7.92. The van der Waals surface area contributed by atoms with Crippen molar-refractivity contribution in [1.29, 1.82) is 0 Å². The number of carbonyl (C=O) groups excluding carboxylic acids is 2. The summed E-state index contributed by atoms with van der Waals surface area (Å²) < 4.78 is 41.6. The standard InChI is InChI=1S/C27H29FN4O6S/c1-3-17-29-27(34)20(2)30(18-21-9-11-22(28)12-10-21)26(33)19-31(23-13-15-24(16-14-23)32(35)36)39(37,38)25-7-5-4-6-8-25/h4-16,20H,3,17-19H2,1-2H3,(H,29,34)/t20-/m0/s1. The summed E-state index contributed by atoms with van der Waals surface area (Å²) in [6.45, 7) is 3.01. The minimum Gasteiger partial charge on any atom is -0.354 e. The third-order valence-corrected chi connectivity index (χ3v) is 7.73. The van der Waals surface area contributed by atoms with E-state index in [1.54, 1.807) is 6.07 Å². The number of anilines is 1. The van der Waals surface area contributed by atoms with E-state index < -0.39 is 45.2 Å². The first-order valence-corrected chi connectivity index (χ1v) is 13.6. The van der Waals surface area contributed by atoms with Gasteiger partial charge in [-0.25, -0.2) is 12.8 Å². The van der Waals surface area contributed by atoms with Crippen LogP contribution in [-0.4, -0.2) is 49.2 Å². The van der Waals surface area contributed by atoms with Gasteiger partial charge in [0, 0.05) is 25.2 Å². The molecule has 0 heterocycles. The molecule has 0 spiro atoms. The van der Waals surface area contributed by atoms with Gasteiger partial charge in [-0.15, -0.1) is 0 Å². The Balaban J connectivity index is 2.02. The fourth-order valence-electron chi connectivity index (χ4n) is 3.75. The molecule has 0 aliphatic carbocycles. The number of nitro benzene ring substituents is 1. The smallest absolute Gasteiger partial charge is 0.269 e. The topological polar surface area (TPSA) is 130 Å². The van der Waals surface area contributed by atoms with Gasteiger partial charge < -0.3 is 10.2 Å². The molecule has 0 aromatic heterocycles. The van der Waals surface area contributed by atoms with Crippen molar-refractivity contribution in [3.63, 3.8) is 0 Å². The Morgan fingerprint density at radius 3 is 2.18 bits per heavy atom. The van der Waals surface area contributed by atoms with E-state index in [4.69, 9.17) is 0 Å². The molecule has 10 nitrogen and oxygen atoms in total. The number of halogens is 1. The largest absolute Gasteiger partial charge is 0.354 e. The zero-order chi connectivity index (χ0) is 28.6. The molecule has 1 atom stereocenters. The van der Waals surface area contributed by atoms with Crippen LogP contribution in [0.3, 0.4) is 0 Å². The van der Waals surface area contributed by atoms with Crippen LogP contribution in [0, 0.1) is 15.9 Å². The van der Waals surface area contributed by atoms with Crippen LogP contribution in [-0.2, 0) is 26.2 Å².